The van der Waals surface area contributed by atoms with Gasteiger partial charge in [-0.1, -0.05) is 0 Å². The van der Waals surface area contributed by atoms with Gasteiger partial charge in [0.05, 0.1) is 6.54 Å². The summed E-state index contributed by atoms with van der Waals surface area (Å²) in [5, 5.41) is 1.90. The molecule has 0 atom stereocenters. The lowest BCUT2D eigenvalue weighted by Gasteiger charge is -2.22. The van der Waals surface area contributed by atoms with E-state index in [9.17, 15) is 13.2 Å². The Balaban J connectivity index is 1.97. The van der Waals surface area contributed by atoms with Crippen molar-refractivity contribution in [2.24, 2.45) is 0 Å². The maximum atomic E-state index is 12.4. The number of rotatable bonds is 4. The van der Waals surface area contributed by atoms with Gasteiger partial charge in [0, 0.05) is 27.3 Å². The Bertz CT molecular complexity index is 359. The van der Waals surface area contributed by atoms with Crippen molar-refractivity contribution < 1.29 is 13.2 Å². The Hall–Kier alpha value is -0.0700. The van der Waals surface area contributed by atoms with Crippen LogP contribution >= 0.6 is 27.3 Å². The molecule has 1 fully saturated rings. The minimum absolute atomic E-state index is 0.127. The Morgan fingerprint density at radius 1 is 1.44 bits per heavy atom. The minimum Gasteiger partial charge on any atom is -0.287 e. The highest BCUT2D eigenvalue weighted by Gasteiger charge is 2.37. The van der Waals surface area contributed by atoms with Gasteiger partial charge in [0.1, 0.15) is 0 Å². The van der Waals surface area contributed by atoms with Gasteiger partial charge in [0.15, 0.2) is 0 Å². The van der Waals surface area contributed by atoms with Gasteiger partial charge < -0.3 is 0 Å². The van der Waals surface area contributed by atoms with Crippen molar-refractivity contribution in [3.05, 3.63) is 20.8 Å². The van der Waals surface area contributed by atoms with Gasteiger partial charge in [0.2, 0.25) is 0 Å². The van der Waals surface area contributed by atoms with E-state index in [2.05, 4.69) is 15.9 Å². The average Bonchev–Trinajstić information content (AvgIpc) is 2.89. The summed E-state index contributed by atoms with van der Waals surface area (Å²) in [5.74, 6) is 0. The van der Waals surface area contributed by atoms with Crippen molar-refractivity contribution in [2.45, 2.75) is 31.6 Å². The standard InChI is InChI=1S/C10H11BrF3NS/c11-7-3-9(16-5-7)4-15(8-1-2-8)6-10(12,13)14/h3,5,8H,1-2,4,6H2. The van der Waals surface area contributed by atoms with Crippen LogP contribution in [0.25, 0.3) is 0 Å². The second-order valence-electron chi connectivity index (χ2n) is 3.98. The molecule has 1 aromatic rings. The van der Waals surface area contributed by atoms with E-state index >= 15 is 0 Å². The first-order valence-corrected chi connectivity index (χ1v) is 6.65. The molecule has 0 aromatic carbocycles. The van der Waals surface area contributed by atoms with E-state index in [0.29, 0.717) is 6.54 Å². The summed E-state index contributed by atoms with van der Waals surface area (Å²) >= 11 is 4.80. The summed E-state index contributed by atoms with van der Waals surface area (Å²) in [6.07, 6.45) is -2.32. The second kappa shape index (κ2) is 4.66. The molecule has 1 heterocycles. The molecule has 0 radical (unpaired) electrons. The third-order valence-corrected chi connectivity index (χ3v) is 4.11. The SMILES string of the molecule is FC(F)(F)CN(Cc1cc(Br)cs1)C1CC1. The van der Waals surface area contributed by atoms with Gasteiger partial charge in [-0.15, -0.1) is 11.3 Å². The highest BCUT2D eigenvalue weighted by Crippen LogP contribution is 2.32. The fourth-order valence-corrected chi connectivity index (χ4v) is 3.10. The maximum absolute atomic E-state index is 12.4. The van der Waals surface area contributed by atoms with Crippen molar-refractivity contribution in [3.63, 3.8) is 0 Å². The minimum atomic E-state index is -4.10. The molecule has 16 heavy (non-hydrogen) atoms. The third kappa shape index (κ3) is 3.75. The Morgan fingerprint density at radius 2 is 2.12 bits per heavy atom. The van der Waals surface area contributed by atoms with Gasteiger partial charge in [-0.3, -0.25) is 4.90 Å². The molecule has 6 heteroatoms. The highest BCUT2D eigenvalue weighted by atomic mass is 79.9. The molecule has 0 unspecified atom stereocenters. The van der Waals surface area contributed by atoms with Crippen LogP contribution in [0.4, 0.5) is 13.2 Å². The van der Waals surface area contributed by atoms with E-state index in [-0.39, 0.29) is 6.04 Å². The molecule has 0 bridgehead atoms. The second-order valence-corrected chi connectivity index (χ2v) is 5.89. The van der Waals surface area contributed by atoms with E-state index in [4.69, 9.17) is 0 Å². The Labute approximate surface area is 104 Å². The van der Waals surface area contributed by atoms with Gasteiger partial charge in [-0.2, -0.15) is 13.2 Å². The van der Waals surface area contributed by atoms with Crippen LogP contribution in [0.3, 0.4) is 0 Å². The number of nitrogens with zero attached hydrogens (tertiary/aromatic N) is 1. The van der Waals surface area contributed by atoms with Crippen molar-refractivity contribution in [2.75, 3.05) is 6.54 Å². The van der Waals surface area contributed by atoms with E-state index in [0.717, 1.165) is 22.2 Å². The van der Waals surface area contributed by atoms with Crippen LogP contribution in [-0.2, 0) is 6.54 Å². The zero-order chi connectivity index (χ0) is 11.8. The molecule has 0 aliphatic heterocycles. The lowest BCUT2D eigenvalue weighted by atomic mass is 10.4. The lowest BCUT2D eigenvalue weighted by Crippen LogP contribution is -2.35. The molecule has 0 amide bonds. The molecule has 2 rings (SSSR count). The van der Waals surface area contributed by atoms with Crippen LogP contribution in [0.15, 0.2) is 15.9 Å². The number of hydrogen-bond donors (Lipinski definition) is 0. The van der Waals surface area contributed by atoms with Crippen molar-refractivity contribution >= 4 is 27.3 Å². The summed E-state index contributed by atoms with van der Waals surface area (Å²) in [4.78, 5) is 2.50. The van der Waals surface area contributed by atoms with E-state index in [1.165, 1.54) is 16.2 Å². The van der Waals surface area contributed by atoms with Gasteiger partial charge in [-0.25, -0.2) is 0 Å². The summed E-state index contributed by atoms with van der Waals surface area (Å²) in [6, 6.07) is 2.01. The first-order valence-electron chi connectivity index (χ1n) is 4.98. The van der Waals surface area contributed by atoms with E-state index in [1.807, 2.05) is 11.4 Å². The average molecular weight is 314 g/mol. The molecule has 1 aliphatic rings. The predicted octanol–water partition coefficient (Wildman–Crippen LogP) is 4.04. The lowest BCUT2D eigenvalue weighted by molar-refractivity contribution is -0.148. The quantitative estimate of drug-likeness (QED) is 0.811. The smallest absolute Gasteiger partial charge is 0.287 e. The first kappa shape index (κ1) is 12.4. The molecule has 1 saturated carbocycles. The first-order chi connectivity index (χ1) is 7.44. The largest absolute Gasteiger partial charge is 0.401 e. The predicted molar refractivity (Wildman–Crippen MR) is 61.5 cm³/mol. The topological polar surface area (TPSA) is 3.24 Å². The van der Waals surface area contributed by atoms with E-state index in [1.54, 1.807) is 0 Å². The normalized spacial score (nSPS) is 17.1. The van der Waals surface area contributed by atoms with Gasteiger partial charge in [-0.05, 0) is 34.8 Å². The zero-order valence-electron chi connectivity index (χ0n) is 8.43. The van der Waals surface area contributed by atoms with Crippen LogP contribution in [0.2, 0.25) is 0 Å². The van der Waals surface area contributed by atoms with Gasteiger partial charge >= 0.3 is 6.18 Å². The molecule has 0 N–H and O–H groups in total. The summed E-state index contributed by atoms with van der Waals surface area (Å²) in [7, 11) is 0. The van der Waals surface area contributed by atoms with Crippen LogP contribution in [0.1, 0.15) is 17.7 Å². The van der Waals surface area contributed by atoms with Crippen LogP contribution < -0.4 is 0 Å². The van der Waals surface area contributed by atoms with Crippen LogP contribution in [0, 0.1) is 0 Å². The Kier molecular flexibility index (Phi) is 3.61. The maximum Gasteiger partial charge on any atom is 0.401 e. The molecule has 1 aliphatic carbocycles. The molecule has 1 aromatic heterocycles. The van der Waals surface area contributed by atoms with Gasteiger partial charge in [0.25, 0.3) is 0 Å². The molecule has 90 valence electrons. The summed E-state index contributed by atoms with van der Waals surface area (Å²) < 4.78 is 38.0. The van der Waals surface area contributed by atoms with Crippen molar-refractivity contribution in [1.82, 2.24) is 4.90 Å². The number of thiophene rings is 1. The molecular formula is C10H11BrF3NS. The summed E-state index contributed by atoms with van der Waals surface area (Å²) in [5.41, 5.74) is 0. The molecule has 0 saturated heterocycles. The third-order valence-electron chi connectivity index (χ3n) is 2.43. The molecule has 0 spiro atoms. The number of halogens is 4. The van der Waals surface area contributed by atoms with Crippen LogP contribution in [-0.4, -0.2) is 23.7 Å². The fourth-order valence-electron chi connectivity index (χ4n) is 1.62. The Morgan fingerprint density at radius 3 is 2.56 bits per heavy atom. The fraction of sp³-hybridized carbons (Fsp3) is 0.600. The summed E-state index contributed by atoms with van der Waals surface area (Å²) in [6.45, 7) is -0.395. The number of hydrogen-bond acceptors (Lipinski definition) is 2. The monoisotopic (exact) mass is 313 g/mol. The molecule has 1 nitrogen and oxygen atoms in total. The zero-order valence-corrected chi connectivity index (χ0v) is 10.8. The number of alkyl halides is 3. The van der Waals surface area contributed by atoms with Crippen molar-refractivity contribution in [1.29, 1.82) is 0 Å². The van der Waals surface area contributed by atoms with Crippen molar-refractivity contribution in [3.8, 4) is 0 Å². The molecular weight excluding hydrogens is 303 g/mol. The van der Waals surface area contributed by atoms with Crippen LogP contribution in [0.5, 0.6) is 0 Å². The highest BCUT2D eigenvalue weighted by molar-refractivity contribution is 9.10. The van der Waals surface area contributed by atoms with E-state index < -0.39 is 12.7 Å².